The molecule has 2 unspecified atom stereocenters. The second kappa shape index (κ2) is 5.02. The highest BCUT2D eigenvalue weighted by Crippen LogP contribution is 2.49. The number of halogens is 1. The molecule has 0 radical (unpaired) electrons. The maximum atomic E-state index is 5.89. The Morgan fingerprint density at radius 1 is 1.10 bits per heavy atom. The second-order valence-electron chi connectivity index (χ2n) is 5.49. The molecule has 0 spiro atoms. The summed E-state index contributed by atoms with van der Waals surface area (Å²) in [4.78, 5) is 0. The van der Waals surface area contributed by atoms with Crippen molar-refractivity contribution in [2.45, 2.75) is 25.3 Å². The summed E-state index contributed by atoms with van der Waals surface area (Å²) in [6.07, 6.45) is 1.07. The maximum absolute atomic E-state index is 5.89. The lowest BCUT2D eigenvalue weighted by Gasteiger charge is -2.18. The first-order valence-corrected chi connectivity index (χ1v) is 6.92. The van der Waals surface area contributed by atoms with E-state index in [1.54, 1.807) is 0 Å². The first-order valence-electron chi connectivity index (χ1n) is 6.92. The lowest BCUT2D eigenvalue weighted by molar-refractivity contribution is 0.309. The van der Waals surface area contributed by atoms with Crippen molar-refractivity contribution in [2.75, 3.05) is 11.9 Å². The highest BCUT2D eigenvalue weighted by Gasteiger charge is 2.36. The van der Waals surface area contributed by atoms with E-state index in [1.807, 2.05) is 6.07 Å². The molecule has 20 heavy (non-hydrogen) atoms. The Balaban J connectivity index is 0.00000121. The minimum atomic E-state index is 0. The summed E-state index contributed by atoms with van der Waals surface area (Å²) in [7, 11) is 0. The molecule has 1 N–H and O–H groups in total. The van der Waals surface area contributed by atoms with Crippen molar-refractivity contribution in [3.05, 3.63) is 59.2 Å². The Kier molecular flexibility index (Phi) is 3.35. The first kappa shape index (κ1) is 13.3. The number of nitrogens with one attached hydrogen (secondary N) is 1. The fourth-order valence-corrected chi connectivity index (χ4v) is 3.35. The van der Waals surface area contributed by atoms with Crippen LogP contribution in [0.1, 0.15) is 35.1 Å². The highest BCUT2D eigenvalue weighted by atomic mass is 35.5. The Morgan fingerprint density at radius 2 is 1.95 bits per heavy atom. The van der Waals surface area contributed by atoms with E-state index in [0.29, 0.717) is 12.0 Å². The molecule has 2 aromatic carbocycles. The topological polar surface area (TPSA) is 21.3 Å². The zero-order valence-electron chi connectivity index (χ0n) is 11.4. The summed E-state index contributed by atoms with van der Waals surface area (Å²) in [6, 6.07) is 15.5. The molecule has 3 heteroatoms. The van der Waals surface area contributed by atoms with Gasteiger partial charge in [0, 0.05) is 17.2 Å². The van der Waals surface area contributed by atoms with Gasteiger partial charge >= 0.3 is 0 Å². The third-order valence-corrected chi connectivity index (χ3v) is 4.26. The smallest absolute Gasteiger partial charge is 0.124 e. The zero-order valence-corrected chi connectivity index (χ0v) is 12.2. The molecule has 0 aromatic heterocycles. The lowest BCUT2D eigenvalue weighted by Crippen LogP contribution is -2.10. The van der Waals surface area contributed by atoms with Crippen molar-refractivity contribution in [3.8, 4) is 5.75 Å². The second-order valence-corrected chi connectivity index (χ2v) is 5.49. The Hall–Kier alpha value is -1.67. The normalized spacial score (nSPS) is 22.2. The minimum Gasteiger partial charge on any atom is -0.493 e. The Bertz CT molecular complexity index is 641. The van der Waals surface area contributed by atoms with Crippen molar-refractivity contribution >= 4 is 18.1 Å². The summed E-state index contributed by atoms with van der Waals surface area (Å²) >= 11 is 0. The molecule has 2 nitrogen and oxygen atoms in total. The van der Waals surface area contributed by atoms with Crippen LogP contribution in [0.2, 0.25) is 0 Å². The zero-order chi connectivity index (χ0) is 12.8. The Morgan fingerprint density at radius 3 is 2.85 bits per heavy atom. The van der Waals surface area contributed by atoms with E-state index in [-0.39, 0.29) is 12.4 Å². The standard InChI is InChI=1S/C17H17NO.ClH/c1-11-6-7-15-14(10-11)12-8-9-19-16-5-3-2-4-13(16)17(12)18-15;/h2-7,10,12,17-18H,8-9H2,1H3;1H. The van der Waals surface area contributed by atoms with Crippen LogP contribution in [0.5, 0.6) is 5.75 Å². The van der Waals surface area contributed by atoms with Crippen molar-refractivity contribution in [2.24, 2.45) is 0 Å². The molecule has 0 aliphatic carbocycles. The first-order chi connectivity index (χ1) is 9.33. The molecule has 2 aliphatic rings. The minimum absolute atomic E-state index is 0. The number of hydrogen-bond donors (Lipinski definition) is 1. The van der Waals surface area contributed by atoms with Gasteiger partial charge in [0.1, 0.15) is 5.75 Å². The molecule has 104 valence electrons. The van der Waals surface area contributed by atoms with Crippen molar-refractivity contribution in [1.29, 1.82) is 0 Å². The molecule has 0 fully saturated rings. The van der Waals surface area contributed by atoms with Gasteiger partial charge < -0.3 is 10.1 Å². The SMILES string of the molecule is Cc1ccc2c(c1)C1CCOc3ccccc3C1N2.Cl. The molecule has 0 amide bonds. The van der Waals surface area contributed by atoms with Gasteiger partial charge in [-0.25, -0.2) is 0 Å². The Labute approximate surface area is 125 Å². The molecular formula is C17H18ClNO. The third-order valence-electron chi connectivity index (χ3n) is 4.26. The van der Waals surface area contributed by atoms with Gasteiger partial charge in [-0.05, 0) is 31.0 Å². The van der Waals surface area contributed by atoms with Crippen LogP contribution < -0.4 is 10.1 Å². The lowest BCUT2D eigenvalue weighted by atomic mass is 9.88. The van der Waals surface area contributed by atoms with Crippen LogP contribution in [0, 0.1) is 6.92 Å². The van der Waals surface area contributed by atoms with E-state index in [1.165, 1.54) is 22.4 Å². The van der Waals surface area contributed by atoms with E-state index in [4.69, 9.17) is 4.74 Å². The van der Waals surface area contributed by atoms with Gasteiger partial charge in [0.25, 0.3) is 0 Å². The molecule has 0 bridgehead atoms. The number of fused-ring (bicyclic) bond motifs is 5. The van der Waals surface area contributed by atoms with Crippen molar-refractivity contribution in [1.82, 2.24) is 0 Å². The monoisotopic (exact) mass is 287 g/mol. The van der Waals surface area contributed by atoms with E-state index in [0.717, 1.165) is 18.8 Å². The van der Waals surface area contributed by atoms with Crippen molar-refractivity contribution in [3.63, 3.8) is 0 Å². The average molecular weight is 288 g/mol. The van der Waals surface area contributed by atoms with E-state index >= 15 is 0 Å². The van der Waals surface area contributed by atoms with Gasteiger partial charge in [-0.15, -0.1) is 12.4 Å². The summed E-state index contributed by atoms with van der Waals surface area (Å²) in [5.41, 5.74) is 5.36. The van der Waals surface area contributed by atoms with Crippen LogP contribution in [0.15, 0.2) is 42.5 Å². The fraction of sp³-hybridized carbons (Fsp3) is 0.294. The molecule has 0 saturated heterocycles. The molecule has 2 aromatic rings. The number of hydrogen-bond acceptors (Lipinski definition) is 2. The largest absolute Gasteiger partial charge is 0.493 e. The maximum Gasteiger partial charge on any atom is 0.124 e. The van der Waals surface area contributed by atoms with Crippen LogP contribution in [-0.4, -0.2) is 6.61 Å². The summed E-state index contributed by atoms with van der Waals surface area (Å²) in [5, 5.41) is 3.68. The van der Waals surface area contributed by atoms with Gasteiger partial charge in [-0.2, -0.15) is 0 Å². The van der Waals surface area contributed by atoms with Crippen LogP contribution >= 0.6 is 12.4 Å². The number of para-hydroxylation sites is 1. The third kappa shape index (κ3) is 1.95. The van der Waals surface area contributed by atoms with Crippen LogP contribution in [0.4, 0.5) is 5.69 Å². The predicted octanol–water partition coefficient (Wildman–Crippen LogP) is 4.45. The summed E-state index contributed by atoms with van der Waals surface area (Å²) in [6.45, 7) is 2.96. The van der Waals surface area contributed by atoms with Crippen LogP contribution in [0.25, 0.3) is 0 Å². The van der Waals surface area contributed by atoms with Gasteiger partial charge in [0.15, 0.2) is 0 Å². The van der Waals surface area contributed by atoms with Crippen LogP contribution in [-0.2, 0) is 0 Å². The number of rotatable bonds is 0. The van der Waals surface area contributed by atoms with Gasteiger partial charge in [0.2, 0.25) is 0 Å². The van der Waals surface area contributed by atoms with Crippen LogP contribution in [0.3, 0.4) is 0 Å². The molecular weight excluding hydrogens is 270 g/mol. The predicted molar refractivity (Wildman–Crippen MR) is 84.1 cm³/mol. The highest BCUT2D eigenvalue weighted by molar-refractivity contribution is 5.85. The molecule has 2 atom stereocenters. The van der Waals surface area contributed by atoms with Crippen molar-refractivity contribution < 1.29 is 4.74 Å². The summed E-state index contributed by atoms with van der Waals surface area (Å²) < 4.78 is 5.89. The number of aryl methyl sites for hydroxylation is 1. The van der Waals surface area contributed by atoms with E-state index < -0.39 is 0 Å². The molecule has 2 aliphatic heterocycles. The fourth-order valence-electron chi connectivity index (χ4n) is 3.35. The van der Waals surface area contributed by atoms with Gasteiger partial charge in [-0.1, -0.05) is 35.9 Å². The average Bonchev–Trinajstić information content (AvgIpc) is 2.67. The number of benzene rings is 2. The van der Waals surface area contributed by atoms with Gasteiger partial charge in [-0.3, -0.25) is 0 Å². The molecule has 4 rings (SSSR count). The number of anilines is 1. The van der Waals surface area contributed by atoms with E-state index in [2.05, 4.69) is 48.6 Å². The summed E-state index contributed by atoms with van der Waals surface area (Å²) in [5.74, 6) is 1.56. The van der Waals surface area contributed by atoms with Gasteiger partial charge in [0.05, 0.1) is 12.6 Å². The molecule has 2 heterocycles. The van der Waals surface area contributed by atoms with E-state index in [9.17, 15) is 0 Å². The quantitative estimate of drug-likeness (QED) is 0.773. The number of ether oxygens (including phenoxy) is 1. The molecule has 0 saturated carbocycles.